The van der Waals surface area contributed by atoms with Crippen molar-refractivity contribution in [3.63, 3.8) is 0 Å². The van der Waals surface area contributed by atoms with E-state index in [4.69, 9.17) is 0 Å². The van der Waals surface area contributed by atoms with Crippen LogP contribution in [0.3, 0.4) is 0 Å². The van der Waals surface area contributed by atoms with Gasteiger partial charge in [0.15, 0.2) is 10.9 Å². The highest BCUT2D eigenvalue weighted by molar-refractivity contribution is 8.00. The second-order valence-corrected chi connectivity index (χ2v) is 8.86. The quantitative estimate of drug-likeness (QED) is 0.435. The molecule has 1 amide bonds. The van der Waals surface area contributed by atoms with Crippen LogP contribution in [0.5, 0.6) is 0 Å². The number of nitrogens with one attached hydrogen (secondary N) is 1. The van der Waals surface area contributed by atoms with Gasteiger partial charge in [-0.15, -0.1) is 10.2 Å². The Morgan fingerprint density at radius 2 is 1.70 bits per heavy atom. The summed E-state index contributed by atoms with van der Waals surface area (Å²) in [7, 11) is 0. The zero-order chi connectivity index (χ0) is 21.8. The summed E-state index contributed by atoms with van der Waals surface area (Å²) in [5.74, 6) is 0.618. The number of anilines is 1. The predicted molar refractivity (Wildman–Crippen MR) is 120 cm³/mol. The highest BCUT2D eigenvalue weighted by Crippen LogP contribution is 2.28. The van der Waals surface area contributed by atoms with Crippen LogP contribution in [0.15, 0.2) is 53.7 Å². The van der Waals surface area contributed by atoms with Crippen LogP contribution in [-0.2, 0) is 4.79 Å². The molecule has 3 aromatic rings. The van der Waals surface area contributed by atoms with Crippen LogP contribution in [0.2, 0.25) is 0 Å². The Hall–Kier alpha value is -2.93. The summed E-state index contributed by atoms with van der Waals surface area (Å²) >= 11 is 1.38. The highest BCUT2D eigenvalue weighted by Gasteiger charge is 2.21. The van der Waals surface area contributed by atoms with Gasteiger partial charge >= 0.3 is 0 Å². The number of Topliss-reactive ketones (excluding diaryl/α,β-unsaturated/α-hetero) is 1. The monoisotopic (exact) mass is 422 g/mol. The number of ketones is 1. The average molecular weight is 423 g/mol. The average Bonchev–Trinajstić information content (AvgIpc) is 3.07. The lowest BCUT2D eigenvalue weighted by Crippen LogP contribution is -2.18. The van der Waals surface area contributed by atoms with Crippen molar-refractivity contribution in [2.45, 2.75) is 45.0 Å². The van der Waals surface area contributed by atoms with Gasteiger partial charge in [0.05, 0.1) is 5.25 Å². The van der Waals surface area contributed by atoms with E-state index in [0.29, 0.717) is 16.4 Å². The lowest BCUT2D eigenvalue weighted by molar-refractivity contribution is -0.118. The van der Waals surface area contributed by atoms with E-state index in [0.717, 1.165) is 17.1 Å². The minimum Gasteiger partial charge on any atom is -0.326 e. The molecule has 0 aliphatic carbocycles. The summed E-state index contributed by atoms with van der Waals surface area (Å²) in [4.78, 5) is 24.8. The first-order valence-corrected chi connectivity index (χ1v) is 10.7. The van der Waals surface area contributed by atoms with Gasteiger partial charge in [-0.25, -0.2) is 0 Å². The van der Waals surface area contributed by atoms with Crippen molar-refractivity contribution in [3.8, 4) is 5.69 Å². The summed E-state index contributed by atoms with van der Waals surface area (Å²) in [6.45, 7) is 9.48. The summed E-state index contributed by atoms with van der Waals surface area (Å²) in [6, 6.07) is 15.1. The number of aromatic nitrogens is 3. The number of thioether (sulfide) groups is 1. The second kappa shape index (κ2) is 9.26. The van der Waals surface area contributed by atoms with Crippen LogP contribution in [0.1, 0.15) is 42.5 Å². The smallest absolute Gasteiger partial charge is 0.226 e. The maximum Gasteiger partial charge on any atom is 0.226 e. The largest absolute Gasteiger partial charge is 0.326 e. The molecule has 3 rings (SSSR count). The third-order valence-electron chi connectivity index (χ3n) is 4.67. The van der Waals surface area contributed by atoms with Gasteiger partial charge in [0.2, 0.25) is 5.91 Å². The molecule has 0 saturated carbocycles. The number of rotatable bonds is 7. The van der Waals surface area contributed by atoms with Gasteiger partial charge in [-0.1, -0.05) is 37.7 Å². The van der Waals surface area contributed by atoms with Gasteiger partial charge in [0.1, 0.15) is 5.82 Å². The Bertz CT molecular complexity index is 1060. The minimum absolute atomic E-state index is 0.00168. The molecule has 0 aliphatic heterocycles. The van der Waals surface area contributed by atoms with E-state index in [1.807, 2.05) is 57.4 Å². The molecule has 0 aliphatic rings. The fraction of sp³-hybridized carbons (Fsp3) is 0.304. The Labute approximate surface area is 181 Å². The Kier molecular flexibility index (Phi) is 6.72. The van der Waals surface area contributed by atoms with Crippen molar-refractivity contribution in [2.75, 3.05) is 5.32 Å². The molecular formula is C23H26N4O2S. The number of carbonyl (C=O) groups excluding carboxylic acids is 2. The fourth-order valence-electron chi connectivity index (χ4n) is 2.93. The number of nitrogens with zero attached hydrogens (tertiary/aromatic N) is 3. The number of hydrogen-bond donors (Lipinski definition) is 1. The molecule has 0 radical (unpaired) electrons. The molecule has 7 heteroatoms. The van der Waals surface area contributed by atoms with Crippen LogP contribution in [0, 0.1) is 19.8 Å². The minimum atomic E-state index is -0.340. The molecule has 0 saturated heterocycles. The molecule has 1 aromatic heterocycles. The van der Waals surface area contributed by atoms with Gasteiger partial charge in [-0.05, 0) is 62.7 Å². The van der Waals surface area contributed by atoms with Gasteiger partial charge < -0.3 is 5.32 Å². The number of benzene rings is 2. The van der Waals surface area contributed by atoms with Crippen molar-refractivity contribution >= 4 is 29.1 Å². The first-order valence-electron chi connectivity index (χ1n) is 9.87. The SMILES string of the molecule is Cc1cccc(-n2c(C)nnc2S[C@@H](C)C(=O)c2ccc(NC(=O)C(C)C)cc2)c1. The van der Waals surface area contributed by atoms with Gasteiger partial charge in [-0.3, -0.25) is 14.2 Å². The Morgan fingerprint density at radius 1 is 1.00 bits per heavy atom. The summed E-state index contributed by atoms with van der Waals surface area (Å²) in [5, 5.41) is 11.7. The topological polar surface area (TPSA) is 76.9 Å². The van der Waals surface area contributed by atoms with Crippen molar-refractivity contribution in [2.24, 2.45) is 5.92 Å². The molecule has 0 spiro atoms. The van der Waals surface area contributed by atoms with E-state index in [-0.39, 0.29) is 22.9 Å². The number of amides is 1. The summed E-state index contributed by atoms with van der Waals surface area (Å²) in [5.41, 5.74) is 3.39. The highest BCUT2D eigenvalue weighted by atomic mass is 32.2. The lowest BCUT2D eigenvalue weighted by atomic mass is 10.1. The molecular weight excluding hydrogens is 396 g/mol. The molecule has 6 nitrogen and oxygen atoms in total. The third-order valence-corrected chi connectivity index (χ3v) is 5.71. The second-order valence-electron chi connectivity index (χ2n) is 7.55. The zero-order valence-electron chi connectivity index (χ0n) is 17.8. The Balaban J connectivity index is 1.75. The molecule has 156 valence electrons. The zero-order valence-corrected chi connectivity index (χ0v) is 18.7. The van der Waals surface area contributed by atoms with Gasteiger partial charge in [0.25, 0.3) is 0 Å². The van der Waals surface area contributed by atoms with E-state index in [9.17, 15) is 9.59 Å². The van der Waals surface area contributed by atoms with Crippen LogP contribution in [0.25, 0.3) is 5.69 Å². The van der Waals surface area contributed by atoms with Crippen LogP contribution in [-0.4, -0.2) is 31.7 Å². The predicted octanol–water partition coefficient (Wildman–Crippen LogP) is 4.84. The third kappa shape index (κ3) is 4.97. The standard InChI is InChI=1S/C23H26N4O2S/c1-14(2)22(29)24-19-11-9-18(10-12-19)21(28)16(4)30-23-26-25-17(5)27(23)20-8-6-7-15(3)13-20/h6-14,16H,1-5H3,(H,24,29)/t16-/m0/s1. The van der Waals surface area contributed by atoms with Crippen molar-refractivity contribution < 1.29 is 9.59 Å². The summed E-state index contributed by atoms with van der Waals surface area (Å²) < 4.78 is 1.96. The van der Waals surface area contributed by atoms with E-state index in [1.54, 1.807) is 24.3 Å². The van der Waals surface area contributed by atoms with Crippen molar-refractivity contribution in [1.82, 2.24) is 14.8 Å². The maximum atomic E-state index is 12.9. The number of hydrogen-bond acceptors (Lipinski definition) is 5. The van der Waals surface area contributed by atoms with E-state index in [1.165, 1.54) is 11.8 Å². The van der Waals surface area contributed by atoms with E-state index >= 15 is 0 Å². The molecule has 0 bridgehead atoms. The van der Waals surface area contributed by atoms with E-state index < -0.39 is 0 Å². The molecule has 0 fully saturated rings. The normalized spacial score (nSPS) is 12.1. The lowest BCUT2D eigenvalue weighted by Gasteiger charge is -2.13. The first-order chi connectivity index (χ1) is 14.3. The fourth-order valence-corrected chi connectivity index (χ4v) is 3.92. The van der Waals surface area contributed by atoms with Crippen molar-refractivity contribution in [3.05, 3.63) is 65.5 Å². The van der Waals surface area contributed by atoms with Crippen LogP contribution in [0.4, 0.5) is 5.69 Å². The van der Waals surface area contributed by atoms with Gasteiger partial charge in [0, 0.05) is 22.9 Å². The van der Waals surface area contributed by atoms with Crippen LogP contribution < -0.4 is 5.32 Å². The molecule has 1 heterocycles. The van der Waals surface area contributed by atoms with Gasteiger partial charge in [-0.2, -0.15) is 0 Å². The van der Waals surface area contributed by atoms with Crippen molar-refractivity contribution in [1.29, 1.82) is 0 Å². The Morgan fingerprint density at radius 3 is 2.33 bits per heavy atom. The molecule has 1 N–H and O–H groups in total. The first kappa shape index (κ1) is 21.8. The molecule has 0 unspecified atom stereocenters. The summed E-state index contributed by atoms with van der Waals surface area (Å²) in [6.07, 6.45) is 0. The number of aryl methyl sites for hydroxylation is 2. The van der Waals surface area contributed by atoms with E-state index in [2.05, 4.69) is 21.6 Å². The van der Waals surface area contributed by atoms with Crippen LogP contribution >= 0.6 is 11.8 Å². The molecule has 30 heavy (non-hydrogen) atoms. The molecule has 2 aromatic carbocycles. The maximum absolute atomic E-state index is 12.9. The number of carbonyl (C=O) groups is 2. The molecule has 1 atom stereocenters.